The number of rotatable bonds is 9. The lowest BCUT2D eigenvalue weighted by Gasteiger charge is -2.12. The van der Waals surface area contributed by atoms with Gasteiger partial charge >= 0.3 is 12.2 Å². The summed E-state index contributed by atoms with van der Waals surface area (Å²) in [6, 6.07) is 0. The van der Waals surface area contributed by atoms with Gasteiger partial charge in [-0.05, 0) is 12.8 Å². The number of halogens is 1. The average molecular weight is 310 g/mol. The minimum absolute atomic E-state index is 0.0755. The van der Waals surface area contributed by atoms with E-state index < -0.39 is 12.2 Å². The maximum Gasteiger partial charge on any atom is 0.416 e. The molecule has 0 aromatic heterocycles. The summed E-state index contributed by atoms with van der Waals surface area (Å²) in [4.78, 5) is 21.5. The molecule has 17 heavy (non-hydrogen) atoms. The summed E-state index contributed by atoms with van der Waals surface area (Å²) in [6.45, 7) is 0.0755. The number of carbonyl (C=O) groups is 2. The molecule has 0 bridgehead atoms. The minimum Gasteiger partial charge on any atom is -0.465 e. The first-order valence-electron chi connectivity index (χ1n) is 5.89. The van der Waals surface area contributed by atoms with Crippen LogP contribution in [0.3, 0.4) is 0 Å². The van der Waals surface area contributed by atoms with E-state index in [4.69, 9.17) is 10.2 Å². The first-order valence-corrected chi connectivity index (χ1v) is 7.01. The summed E-state index contributed by atoms with van der Waals surface area (Å²) in [7, 11) is 0. The Bertz CT molecular complexity index is 222. The maximum absolute atomic E-state index is 10.5. The fourth-order valence-corrected chi connectivity index (χ4v) is 1.92. The van der Waals surface area contributed by atoms with Crippen molar-refractivity contribution in [2.24, 2.45) is 0 Å². The zero-order valence-electron chi connectivity index (χ0n) is 9.90. The average Bonchev–Trinajstić information content (AvgIpc) is 2.26. The normalized spacial score (nSPS) is 10.2. The van der Waals surface area contributed by atoms with Gasteiger partial charge in [0.15, 0.2) is 0 Å². The Labute approximate surface area is 110 Å². The largest absolute Gasteiger partial charge is 0.465 e. The highest BCUT2D eigenvalue weighted by Gasteiger charge is 2.18. The zero-order valence-corrected chi connectivity index (χ0v) is 11.5. The van der Waals surface area contributed by atoms with E-state index in [-0.39, 0.29) is 6.54 Å². The number of imide groups is 1. The van der Waals surface area contributed by atoms with Crippen LogP contribution in [0.2, 0.25) is 0 Å². The third kappa shape index (κ3) is 8.97. The number of amides is 2. The molecule has 0 saturated carbocycles. The Morgan fingerprint density at radius 2 is 1.24 bits per heavy atom. The van der Waals surface area contributed by atoms with Gasteiger partial charge in [0, 0.05) is 11.9 Å². The van der Waals surface area contributed by atoms with Crippen LogP contribution in [-0.2, 0) is 0 Å². The molecule has 100 valence electrons. The van der Waals surface area contributed by atoms with Crippen molar-refractivity contribution in [3.63, 3.8) is 0 Å². The van der Waals surface area contributed by atoms with Gasteiger partial charge in [-0.1, -0.05) is 48.0 Å². The molecule has 0 fully saturated rings. The molecule has 5 nitrogen and oxygen atoms in total. The lowest BCUT2D eigenvalue weighted by molar-refractivity contribution is 0.122. The highest BCUT2D eigenvalue weighted by Crippen LogP contribution is 2.08. The molecule has 0 atom stereocenters. The first-order chi connectivity index (χ1) is 8.09. The van der Waals surface area contributed by atoms with Crippen LogP contribution in [-0.4, -0.2) is 39.2 Å². The maximum atomic E-state index is 10.5. The second kappa shape index (κ2) is 10.4. The van der Waals surface area contributed by atoms with Gasteiger partial charge in [0.25, 0.3) is 0 Å². The molecule has 0 saturated heterocycles. The van der Waals surface area contributed by atoms with Crippen molar-refractivity contribution in [3.8, 4) is 0 Å². The lowest BCUT2D eigenvalue weighted by Crippen LogP contribution is -2.35. The summed E-state index contributed by atoms with van der Waals surface area (Å²) in [5, 5.41) is 18.2. The summed E-state index contributed by atoms with van der Waals surface area (Å²) >= 11 is 3.37. The lowest BCUT2D eigenvalue weighted by atomic mass is 10.1. The monoisotopic (exact) mass is 309 g/mol. The Morgan fingerprint density at radius 1 is 0.824 bits per heavy atom. The molecule has 0 radical (unpaired) electrons. The van der Waals surface area contributed by atoms with E-state index in [0.717, 1.165) is 24.6 Å². The second-order valence-electron chi connectivity index (χ2n) is 3.88. The van der Waals surface area contributed by atoms with Gasteiger partial charge in [0.2, 0.25) is 0 Å². The fraction of sp³-hybridized carbons (Fsp3) is 0.818. The fourth-order valence-electron chi connectivity index (χ4n) is 1.52. The molecule has 6 heteroatoms. The van der Waals surface area contributed by atoms with Gasteiger partial charge < -0.3 is 10.2 Å². The summed E-state index contributed by atoms with van der Waals surface area (Å²) < 4.78 is 0. The quantitative estimate of drug-likeness (QED) is 0.502. The van der Waals surface area contributed by atoms with E-state index in [2.05, 4.69) is 15.9 Å². The first kappa shape index (κ1) is 16.2. The van der Waals surface area contributed by atoms with Gasteiger partial charge in [-0.15, -0.1) is 0 Å². The van der Waals surface area contributed by atoms with Gasteiger partial charge in [-0.2, -0.15) is 0 Å². The van der Waals surface area contributed by atoms with Gasteiger partial charge in [-0.25, -0.2) is 14.5 Å². The minimum atomic E-state index is -1.39. The van der Waals surface area contributed by atoms with E-state index in [9.17, 15) is 9.59 Å². The molecule has 0 unspecified atom stereocenters. The predicted molar refractivity (Wildman–Crippen MR) is 68.9 cm³/mol. The Hall–Kier alpha value is -0.780. The molecular weight excluding hydrogens is 290 g/mol. The third-order valence-corrected chi connectivity index (χ3v) is 3.04. The number of nitrogens with zero attached hydrogens (tertiary/aromatic N) is 1. The van der Waals surface area contributed by atoms with E-state index in [0.29, 0.717) is 11.3 Å². The molecule has 0 spiro atoms. The van der Waals surface area contributed by atoms with Crippen molar-refractivity contribution in [2.45, 2.75) is 44.9 Å². The summed E-state index contributed by atoms with van der Waals surface area (Å²) in [6.07, 6.45) is 4.45. The molecule has 0 heterocycles. The van der Waals surface area contributed by atoms with Gasteiger partial charge in [-0.3, -0.25) is 0 Å². The van der Waals surface area contributed by atoms with Gasteiger partial charge in [0.05, 0.1) is 0 Å². The van der Waals surface area contributed by atoms with E-state index >= 15 is 0 Å². The summed E-state index contributed by atoms with van der Waals surface area (Å²) in [5.41, 5.74) is 0. The molecular formula is C11H20BrNO4. The SMILES string of the molecule is O=C(O)N(CCCCCCCCCBr)C(=O)O. The van der Waals surface area contributed by atoms with Crippen molar-refractivity contribution in [3.05, 3.63) is 0 Å². The van der Waals surface area contributed by atoms with Crippen LogP contribution < -0.4 is 0 Å². The Morgan fingerprint density at radius 3 is 1.65 bits per heavy atom. The molecule has 0 aliphatic heterocycles. The Kier molecular flexibility index (Phi) is 9.90. The van der Waals surface area contributed by atoms with Crippen LogP contribution >= 0.6 is 15.9 Å². The smallest absolute Gasteiger partial charge is 0.416 e. The van der Waals surface area contributed by atoms with Gasteiger partial charge in [0.1, 0.15) is 0 Å². The van der Waals surface area contributed by atoms with Crippen LogP contribution in [0.5, 0.6) is 0 Å². The molecule has 0 aliphatic rings. The third-order valence-electron chi connectivity index (χ3n) is 2.48. The van der Waals surface area contributed by atoms with Crippen LogP contribution in [0, 0.1) is 0 Å². The van der Waals surface area contributed by atoms with E-state index in [1.807, 2.05) is 0 Å². The second-order valence-corrected chi connectivity index (χ2v) is 4.67. The molecule has 0 rings (SSSR count). The van der Waals surface area contributed by atoms with Crippen molar-refractivity contribution in [1.29, 1.82) is 0 Å². The molecule has 0 aromatic rings. The predicted octanol–water partition coefficient (Wildman–Crippen LogP) is 3.77. The molecule has 0 aromatic carbocycles. The Balaban J connectivity index is 3.43. The molecule has 2 amide bonds. The van der Waals surface area contributed by atoms with Crippen LogP contribution in [0.15, 0.2) is 0 Å². The van der Waals surface area contributed by atoms with E-state index in [1.165, 1.54) is 19.3 Å². The van der Waals surface area contributed by atoms with Crippen molar-refractivity contribution < 1.29 is 19.8 Å². The standard InChI is InChI=1S/C11H20BrNO4/c12-8-6-4-2-1-3-5-7-9-13(10(14)15)11(16)17/h1-9H2,(H,14,15)(H,16,17). The number of alkyl halides is 1. The number of unbranched alkanes of at least 4 members (excludes halogenated alkanes) is 6. The van der Waals surface area contributed by atoms with Crippen molar-refractivity contribution in [1.82, 2.24) is 4.90 Å². The highest BCUT2D eigenvalue weighted by atomic mass is 79.9. The molecule has 0 aliphatic carbocycles. The van der Waals surface area contributed by atoms with E-state index in [1.54, 1.807) is 0 Å². The highest BCUT2D eigenvalue weighted by molar-refractivity contribution is 9.09. The summed E-state index contributed by atoms with van der Waals surface area (Å²) in [5.74, 6) is 0. The molecule has 2 N–H and O–H groups in total. The zero-order chi connectivity index (χ0) is 13.1. The number of hydrogen-bond donors (Lipinski definition) is 2. The van der Waals surface area contributed by atoms with Crippen LogP contribution in [0.4, 0.5) is 9.59 Å². The topological polar surface area (TPSA) is 77.8 Å². The van der Waals surface area contributed by atoms with Crippen molar-refractivity contribution in [2.75, 3.05) is 11.9 Å². The number of hydrogen-bond acceptors (Lipinski definition) is 2. The van der Waals surface area contributed by atoms with Crippen LogP contribution in [0.25, 0.3) is 0 Å². The van der Waals surface area contributed by atoms with Crippen LogP contribution in [0.1, 0.15) is 44.9 Å². The number of carboxylic acid groups (broad SMARTS) is 2. The van der Waals surface area contributed by atoms with Crippen molar-refractivity contribution >= 4 is 28.1 Å².